The second kappa shape index (κ2) is 12.5. The lowest BCUT2D eigenvalue weighted by Gasteiger charge is -2.11. The summed E-state index contributed by atoms with van der Waals surface area (Å²) in [4.78, 5) is 25.7. The van der Waals surface area contributed by atoms with Crippen molar-refractivity contribution in [2.75, 3.05) is 18.2 Å². The van der Waals surface area contributed by atoms with Gasteiger partial charge in [-0.1, -0.05) is 41.6 Å². The fourth-order valence-corrected chi connectivity index (χ4v) is 6.07. The number of aromatic nitrogens is 3. The molecule has 0 atom stereocenters. The summed E-state index contributed by atoms with van der Waals surface area (Å²) in [5.41, 5.74) is 6.42. The molecule has 8 nitrogen and oxygen atoms in total. The smallest absolute Gasteiger partial charge is 0.341 e. The molecule has 4 aromatic rings. The Balaban J connectivity index is 1.45. The van der Waals surface area contributed by atoms with E-state index in [1.807, 2.05) is 74.9 Å². The van der Waals surface area contributed by atoms with Crippen LogP contribution >= 0.6 is 23.1 Å². The van der Waals surface area contributed by atoms with Crippen molar-refractivity contribution in [2.45, 2.75) is 52.9 Å². The van der Waals surface area contributed by atoms with Gasteiger partial charge in [0.2, 0.25) is 5.91 Å². The zero-order valence-corrected chi connectivity index (χ0v) is 24.6. The van der Waals surface area contributed by atoms with E-state index in [4.69, 9.17) is 9.47 Å². The maximum Gasteiger partial charge on any atom is 0.341 e. The largest absolute Gasteiger partial charge is 0.486 e. The molecule has 10 heteroatoms. The van der Waals surface area contributed by atoms with Gasteiger partial charge in [0, 0.05) is 17.5 Å². The van der Waals surface area contributed by atoms with E-state index in [1.165, 1.54) is 30.2 Å². The zero-order valence-electron chi connectivity index (χ0n) is 23.0. The van der Waals surface area contributed by atoms with Gasteiger partial charge in [-0.25, -0.2) is 4.79 Å². The zero-order chi connectivity index (χ0) is 28.1. The molecule has 204 valence electrons. The third-order valence-corrected chi connectivity index (χ3v) is 7.98. The standard InChI is InChI=1S/C29H32N4O4S2/c1-7-33-24(14-37-21-11-18(3)10-19(4)12-21)31-32-29(33)39-16-25(34)30-27-26(28(35)36-6)23(15-38-27)22-13-17(2)8-9-20(22)5/h8-13,15H,7,14,16H2,1-6H3,(H,30,34). The molecule has 2 aromatic carbocycles. The molecule has 0 aliphatic carbocycles. The molecule has 39 heavy (non-hydrogen) atoms. The molecule has 0 spiro atoms. The fraction of sp³-hybridized carbons (Fsp3) is 0.310. The Morgan fingerprint density at radius 1 is 1.00 bits per heavy atom. The van der Waals surface area contributed by atoms with Gasteiger partial charge in [-0.2, -0.15) is 0 Å². The minimum absolute atomic E-state index is 0.105. The number of amides is 1. The summed E-state index contributed by atoms with van der Waals surface area (Å²) in [7, 11) is 1.34. The molecule has 0 unspecified atom stereocenters. The number of carbonyl (C=O) groups is 2. The van der Waals surface area contributed by atoms with E-state index in [1.54, 1.807) is 0 Å². The number of thioether (sulfide) groups is 1. The number of carbonyl (C=O) groups excluding carboxylic acids is 2. The van der Waals surface area contributed by atoms with Crippen LogP contribution in [0.5, 0.6) is 5.75 Å². The predicted molar refractivity (Wildman–Crippen MR) is 156 cm³/mol. The Labute approximate surface area is 236 Å². The van der Waals surface area contributed by atoms with Gasteiger partial charge < -0.3 is 19.4 Å². The van der Waals surface area contributed by atoms with Crippen molar-refractivity contribution < 1.29 is 19.1 Å². The predicted octanol–water partition coefficient (Wildman–Crippen LogP) is 6.36. The molecule has 4 rings (SSSR count). The number of esters is 1. The molecule has 0 radical (unpaired) electrons. The fourth-order valence-electron chi connectivity index (χ4n) is 4.29. The van der Waals surface area contributed by atoms with Gasteiger partial charge >= 0.3 is 5.97 Å². The van der Waals surface area contributed by atoms with Crippen LogP contribution in [0.25, 0.3) is 11.1 Å². The SMILES string of the molecule is CCn1c(COc2cc(C)cc(C)c2)nnc1SCC(=O)Nc1scc(-c2cc(C)ccc2C)c1C(=O)OC. The van der Waals surface area contributed by atoms with Gasteiger partial charge in [-0.15, -0.1) is 21.5 Å². The Hall–Kier alpha value is -3.63. The van der Waals surface area contributed by atoms with E-state index in [0.29, 0.717) is 28.1 Å². The van der Waals surface area contributed by atoms with Crippen LogP contribution in [0, 0.1) is 27.7 Å². The van der Waals surface area contributed by atoms with Gasteiger partial charge in [0.1, 0.15) is 22.9 Å². The van der Waals surface area contributed by atoms with Crippen molar-refractivity contribution in [2.24, 2.45) is 0 Å². The van der Waals surface area contributed by atoms with Crippen LogP contribution in [-0.2, 0) is 22.7 Å². The van der Waals surface area contributed by atoms with E-state index >= 15 is 0 Å². The van der Waals surface area contributed by atoms with Crippen LogP contribution in [-0.4, -0.2) is 39.5 Å². The van der Waals surface area contributed by atoms with E-state index in [2.05, 4.69) is 21.6 Å². The average molecular weight is 565 g/mol. The van der Waals surface area contributed by atoms with Crippen LogP contribution < -0.4 is 10.1 Å². The first kappa shape index (κ1) is 28.4. The molecule has 0 bridgehead atoms. The first-order valence-electron chi connectivity index (χ1n) is 12.5. The quantitative estimate of drug-likeness (QED) is 0.177. The normalized spacial score (nSPS) is 10.9. The second-order valence-corrected chi connectivity index (χ2v) is 11.1. The number of nitrogens with one attached hydrogen (secondary N) is 1. The highest BCUT2D eigenvalue weighted by molar-refractivity contribution is 7.99. The number of thiophene rings is 1. The molecule has 0 aliphatic heterocycles. The Kier molecular flexibility index (Phi) is 9.08. The summed E-state index contributed by atoms with van der Waals surface area (Å²) in [6.07, 6.45) is 0. The van der Waals surface area contributed by atoms with E-state index in [-0.39, 0.29) is 18.3 Å². The van der Waals surface area contributed by atoms with Crippen molar-refractivity contribution in [3.63, 3.8) is 0 Å². The maximum atomic E-state index is 12.9. The number of nitrogens with zero attached hydrogens (tertiary/aromatic N) is 3. The molecule has 2 heterocycles. The Bertz CT molecular complexity index is 1490. The Morgan fingerprint density at radius 2 is 1.74 bits per heavy atom. The number of methoxy groups -OCH3 is 1. The lowest BCUT2D eigenvalue weighted by Crippen LogP contribution is -2.16. The highest BCUT2D eigenvalue weighted by Gasteiger charge is 2.24. The van der Waals surface area contributed by atoms with Crippen molar-refractivity contribution >= 4 is 40.0 Å². The monoisotopic (exact) mass is 564 g/mol. The van der Waals surface area contributed by atoms with Crippen molar-refractivity contribution in [1.82, 2.24) is 14.8 Å². The summed E-state index contributed by atoms with van der Waals surface area (Å²) in [6.45, 7) is 11.0. The molecule has 1 N–H and O–H groups in total. The van der Waals surface area contributed by atoms with Crippen LogP contribution in [0.1, 0.15) is 45.4 Å². The van der Waals surface area contributed by atoms with E-state index in [9.17, 15) is 9.59 Å². The molecule has 1 amide bonds. The first-order valence-corrected chi connectivity index (χ1v) is 14.4. The topological polar surface area (TPSA) is 95.3 Å². The van der Waals surface area contributed by atoms with Crippen LogP contribution in [0.3, 0.4) is 0 Å². The second-order valence-electron chi connectivity index (χ2n) is 9.26. The van der Waals surface area contributed by atoms with Gasteiger partial charge in [0.25, 0.3) is 0 Å². The number of benzene rings is 2. The van der Waals surface area contributed by atoms with Gasteiger partial charge in [0.15, 0.2) is 11.0 Å². The lowest BCUT2D eigenvalue weighted by atomic mass is 9.97. The first-order chi connectivity index (χ1) is 18.7. The summed E-state index contributed by atoms with van der Waals surface area (Å²) < 4.78 is 13.0. The number of aryl methyl sites for hydroxylation is 4. The number of hydrogen-bond donors (Lipinski definition) is 1. The van der Waals surface area contributed by atoms with E-state index in [0.717, 1.165) is 39.1 Å². The molecule has 0 aliphatic rings. The number of rotatable bonds is 10. The third-order valence-electron chi connectivity index (χ3n) is 6.12. The summed E-state index contributed by atoms with van der Waals surface area (Å²) in [6, 6.07) is 12.1. The number of ether oxygens (including phenoxy) is 2. The molecule has 0 saturated heterocycles. The van der Waals surface area contributed by atoms with Crippen LogP contribution in [0.2, 0.25) is 0 Å². The van der Waals surface area contributed by atoms with Crippen molar-refractivity contribution in [1.29, 1.82) is 0 Å². The number of hydrogen-bond acceptors (Lipinski definition) is 8. The Morgan fingerprint density at radius 3 is 2.44 bits per heavy atom. The summed E-state index contributed by atoms with van der Waals surface area (Å²) >= 11 is 2.59. The number of anilines is 1. The molecular formula is C29H32N4O4S2. The van der Waals surface area contributed by atoms with Crippen molar-refractivity contribution in [3.05, 3.63) is 75.4 Å². The lowest BCUT2D eigenvalue weighted by molar-refractivity contribution is -0.113. The highest BCUT2D eigenvalue weighted by Crippen LogP contribution is 2.38. The van der Waals surface area contributed by atoms with Crippen molar-refractivity contribution in [3.8, 4) is 16.9 Å². The molecule has 2 aromatic heterocycles. The average Bonchev–Trinajstić information content (AvgIpc) is 3.50. The summed E-state index contributed by atoms with van der Waals surface area (Å²) in [5.74, 6) is 0.827. The molecule has 0 saturated carbocycles. The van der Waals surface area contributed by atoms with Crippen LogP contribution in [0.4, 0.5) is 5.00 Å². The van der Waals surface area contributed by atoms with Gasteiger partial charge in [-0.05, 0) is 69.0 Å². The minimum Gasteiger partial charge on any atom is -0.486 e. The van der Waals surface area contributed by atoms with Crippen LogP contribution in [0.15, 0.2) is 46.9 Å². The van der Waals surface area contributed by atoms with Gasteiger partial charge in [-0.3, -0.25) is 4.79 Å². The minimum atomic E-state index is -0.491. The van der Waals surface area contributed by atoms with Gasteiger partial charge in [0.05, 0.1) is 12.9 Å². The molecular weight excluding hydrogens is 532 g/mol. The third kappa shape index (κ3) is 6.69. The molecule has 0 fully saturated rings. The highest BCUT2D eigenvalue weighted by atomic mass is 32.2. The summed E-state index contributed by atoms with van der Waals surface area (Å²) in [5, 5.41) is 14.4. The van der Waals surface area contributed by atoms with E-state index < -0.39 is 5.97 Å². The maximum absolute atomic E-state index is 12.9.